The fraction of sp³-hybridized carbons (Fsp3) is 0.278. The largest absolute Gasteiger partial charge is 0.346 e. The summed E-state index contributed by atoms with van der Waals surface area (Å²) in [7, 11) is 0. The van der Waals surface area contributed by atoms with Crippen LogP contribution in [0.4, 0.5) is 0 Å². The summed E-state index contributed by atoms with van der Waals surface area (Å²) in [6.45, 7) is 7.78. The first kappa shape index (κ1) is 15.2. The maximum absolute atomic E-state index is 12.3. The lowest BCUT2D eigenvalue weighted by molar-refractivity contribution is 0.0914. The Kier molecular flexibility index (Phi) is 3.64. The van der Waals surface area contributed by atoms with Crippen molar-refractivity contribution in [2.24, 2.45) is 0 Å². The lowest BCUT2D eigenvalue weighted by Crippen LogP contribution is -2.40. The van der Waals surface area contributed by atoms with Crippen LogP contribution < -0.4 is 5.32 Å². The van der Waals surface area contributed by atoms with E-state index in [1.165, 1.54) is 0 Å². The highest BCUT2D eigenvalue weighted by Crippen LogP contribution is 2.19. The Labute approximate surface area is 135 Å². The Bertz CT molecular complexity index is 860. The molecule has 118 valence electrons. The quantitative estimate of drug-likeness (QED) is 0.790. The van der Waals surface area contributed by atoms with E-state index in [0.717, 1.165) is 17.0 Å². The molecule has 2 heterocycles. The lowest BCUT2D eigenvalue weighted by atomic mass is 10.1. The second-order valence-electron chi connectivity index (χ2n) is 6.65. The number of aryl methyl sites for hydroxylation is 1. The van der Waals surface area contributed by atoms with Crippen LogP contribution in [0.15, 0.2) is 42.5 Å². The average Bonchev–Trinajstić information content (AvgIpc) is 2.91. The molecule has 0 atom stereocenters. The molecule has 0 fully saturated rings. The zero-order valence-corrected chi connectivity index (χ0v) is 13.8. The second kappa shape index (κ2) is 5.50. The molecule has 1 aromatic carbocycles. The van der Waals surface area contributed by atoms with Crippen molar-refractivity contribution in [2.75, 3.05) is 0 Å². The molecule has 5 heteroatoms. The Balaban J connectivity index is 2.03. The Hall–Kier alpha value is -2.69. The predicted molar refractivity (Wildman–Crippen MR) is 90.4 cm³/mol. The molecule has 0 saturated carbocycles. The highest BCUT2D eigenvalue weighted by molar-refractivity contribution is 5.93. The molecule has 0 unspecified atom stereocenters. The standard InChI is InChI=1S/C18H20N4O/c1-12-10-14(13-8-6-5-7-9-13)19-16-11-15(21-22(12)16)17(23)20-18(2,3)4/h5-11H,1-4H3,(H,20,23). The van der Waals surface area contributed by atoms with E-state index in [0.29, 0.717) is 11.3 Å². The van der Waals surface area contributed by atoms with Crippen molar-refractivity contribution < 1.29 is 4.79 Å². The maximum atomic E-state index is 12.3. The van der Waals surface area contributed by atoms with Gasteiger partial charge in [0, 0.05) is 22.9 Å². The van der Waals surface area contributed by atoms with Gasteiger partial charge in [-0.25, -0.2) is 9.50 Å². The van der Waals surface area contributed by atoms with Crippen LogP contribution in [0.3, 0.4) is 0 Å². The van der Waals surface area contributed by atoms with Gasteiger partial charge in [-0.05, 0) is 33.8 Å². The molecule has 0 aliphatic heterocycles. The fourth-order valence-electron chi connectivity index (χ4n) is 2.40. The SMILES string of the molecule is Cc1cc(-c2ccccc2)nc2cc(C(=O)NC(C)(C)C)nn12. The summed E-state index contributed by atoms with van der Waals surface area (Å²) in [5.74, 6) is -0.191. The number of amides is 1. The predicted octanol–water partition coefficient (Wildman–Crippen LogP) is 3.23. The summed E-state index contributed by atoms with van der Waals surface area (Å²) in [6, 6.07) is 13.7. The van der Waals surface area contributed by atoms with Gasteiger partial charge in [0.05, 0.1) is 5.69 Å². The minimum Gasteiger partial charge on any atom is -0.346 e. The fourth-order valence-corrected chi connectivity index (χ4v) is 2.40. The zero-order chi connectivity index (χ0) is 16.6. The number of benzene rings is 1. The molecule has 0 radical (unpaired) electrons. The molecule has 3 aromatic rings. The Morgan fingerprint density at radius 1 is 1.13 bits per heavy atom. The van der Waals surface area contributed by atoms with Gasteiger partial charge in [0.15, 0.2) is 11.3 Å². The van der Waals surface area contributed by atoms with Gasteiger partial charge in [0.2, 0.25) is 0 Å². The number of hydrogen-bond acceptors (Lipinski definition) is 3. The lowest BCUT2D eigenvalue weighted by Gasteiger charge is -2.19. The topological polar surface area (TPSA) is 59.3 Å². The zero-order valence-electron chi connectivity index (χ0n) is 13.8. The number of hydrogen-bond donors (Lipinski definition) is 1. The number of nitrogens with zero attached hydrogens (tertiary/aromatic N) is 3. The molecule has 0 aliphatic carbocycles. The minimum absolute atomic E-state index is 0.191. The average molecular weight is 308 g/mol. The first-order valence-corrected chi connectivity index (χ1v) is 7.59. The monoisotopic (exact) mass is 308 g/mol. The number of rotatable bonds is 2. The van der Waals surface area contributed by atoms with Gasteiger partial charge in [-0.2, -0.15) is 5.10 Å². The van der Waals surface area contributed by atoms with Gasteiger partial charge in [0.25, 0.3) is 5.91 Å². The normalized spacial score (nSPS) is 11.7. The van der Waals surface area contributed by atoms with Crippen molar-refractivity contribution in [3.05, 3.63) is 53.9 Å². The highest BCUT2D eigenvalue weighted by Gasteiger charge is 2.19. The van der Waals surface area contributed by atoms with Gasteiger partial charge >= 0.3 is 0 Å². The van der Waals surface area contributed by atoms with Crippen LogP contribution in [-0.4, -0.2) is 26.0 Å². The third-order valence-corrected chi connectivity index (χ3v) is 3.40. The molecule has 1 N–H and O–H groups in total. The molecule has 1 amide bonds. The van der Waals surface area contributed by atoms with Crippen LogP contribution in [0.25, 0.3) is 16.9 Å². The first-order valence-electron chi connectivity index (χ1n) is 7.59. The van der Waals surface area contributed by atoms with Gasteiger partial charge in [0.1, 0.15) is 0 Å². The summed E-state index contributed by atoms with van der Waals surface area (Å²) in [4.78, 5) is 16.9. The molecule has 23 heavy (non-hydrogen) atoms. The van der Waals surface area contributed by atoms with E-state index < -0.39 is 0 Å². The van der Waals surface area contributed by atoms with E-state index >= 15 is 0 Å². The van der Waals surface area contributed by atoms with Crippen LogP contribution in [0.2, 0.25) is 0 Å². The molecular formula is C18H20N4O. The number of carbonyl (C=O) groups excluding carboxylic acids is 1. The smallest absolute Gasteiger partial charge is 0.272 e. The number of nitrogens with one attached hydrogen (secondary N) is 1. The van der Waals surface area contributed by atoms with Crippen molar-refractivity contribution in [2.45, 2.75) is 33.2 Å². The van der Waals surface area contributed by atoms with Crippen LogP contribution >= 0.6 is 0 Å². The summed E-state index contributed by atoms with van der Waals surface area (Å²) >= 11 is 0. The van der Waals surface area contributed by atoms with E-state index in [-0.39, 0.29) is 11.4 Å². The first-order chi connectivity index (χ1) is 10.8. The maximum Gasteiger partial charge on any atom is 0.272 e. The van der Waals surface area contributed by atoms with Gasteiger partial charge in [-0.3, -0.25) is 4.79 Å². The number of aromatic nitrogens is 3. The molecule has 2 aromatic heterocycles. The van der Waals surface area contributed by atoms with Crippen LogP contribution in [0.1, 0.15) is 37.0 Å². The summed E-state index contributed by atoms with van der Waals surface area (Å²) in [5, 5.41) is 7.29. The van der Waals surface area contributed by atoms with E-state index in [2.05, 4.69) is 15.4 Å². The van der Waals surface area contributed by atoms with Gasteiger partial charge in [-0.1, -0.05) is 30.3 Å². The third-order valence-electron chi connectivity index (χ3n) is 3.40. The van der Waals surface area contributed by atoms with E-state index in [1.807, 2.05) is 64.1 Å². The molecule has 0 aliphatic rings. The second-order valence-corrected chi connectivity index (χ2v) is 6.65. The van der Waals surface area contributed by atoms with Crippen molar-refractivity contribution in [3.8, 4) is 11.3 Å². The third kappa shape index (κ3) is 3.23. The molecule has 0 spiro atoms. The van der Waals surface area contributed by atoms with E-state index in [4.69, 9.17) is 0 Å². The van der Waals surface area contributed by atoms with Crippen molar-refractivity contribution in [1.29, 1.82) is 0 Å². The summed E-state index contributed by atoms with van der Waals surface area (Å²) < 4.78 is 1.70. The minimum atomic E-state index is -0.301. The van der Waals surface area contributed by atoms with E-state index in [1.54, 1.807) is 10.6 Å². The van der Waals surface area contributed by atoms with Crippen LogP contribution in [-0.2, 0) is 0 Å². The molecular weight excluding hydrogens is 288 g/mol. The van der Waals surface area contributed by atoms with Gasteiger partial charge in [-0.15, -0.1) is 0 Å². The Morgan fingerprint density at radius 3 is 2.48 bits per heavy atom. The van der Waals surface area contributed by atoms with Gasteiger partial charge < -0.3 is 5.32 Å². The van der Waals surface area contributed by atoms with E-state index in [9.17, 15) is 4.79 Å². The molecule has 0 saturated heterocycles. The summed E-state index contributed by atoms with van der Waals surface area (Å²) in [5.41, 5.74) is 3.59. The van der Waals surface area contributed by atoms with Crippen molar-refractivity contribution in [1.82, 2.24) is 19.9 Å². The Morgan fingerprint density at radius 2 is 1.83 bits per heavy atom. The summed E-state index contributed by atoms with van der Waals surface area (Å²) in [6.07, 6.45) is 0. The molecule has 3 rings (SSSR count). The number of carbonyl (C=O) groups is 1. The van der Waals surface area contributed by atoms with Crippen LogP contribution in [0.5, 0.6) is 0 Å². The number of fused-ring (bicyclic) bond motifs is 1. The molecule has 5 nitrogen and oxygen atoms in total. The van der Waals surface area contributed by atoms with Crippen molar-refractivity contribution in [3.63, 3.8) is 0 Å². The van der Waals surface area contributed by atoms with Crippen molar-refractivity contribution >= 4 is 11.6 Å². The van der Waals surface area contributed by atoms with Crippen LogP contribution in [0, 0.1) is 6.92 Å². The molecule has 0 bridgehead atoms. The highest BCUT2D eigenvalue weighted by atomic mass is 16.2.